The molecule has 2 aromatic heterocycles. The second kappa shape index (κ2) is 6.13. The summed E-state index contributed by atoms with van der Waals surface area (Å²) in [6.07, 6.45) is 2.87. The number of carbonyl (C=O) groups is 1. The molecular formula is C19H20BrN5O. The zero-order valence-electron chi connectivity index (χ0n) is 14.7. The first-order chi connectivity index (χ1) is 12.4. The van der Waals surface area contributed by atoms with Crippen molar-refractivity contribution in [1.82, 2.24) is 19.4 Å². The monoisotopic (exact) mass is 413 g/mol. The molecule has 1 aliphatic heterocycles. The normalized spacial score (nSPS) is 23.7. The van der Waals surface area contributed by atoms with E-state index in [2.05, 4.69) is 62.7 Å². The summed E-state index contributed by atoms with van der Waals surface area (Å²) in [5.41, 5.74) is 7.73. The molecule has 0 aromatic carbocycles. The molecule has 1 amide bonds. The van der Waals surface area contributed by atoms with Crippen LogP contribution in [0.5, 0.6) is 0 Å². The van der Waals surface area contributed by atoms with Gasteiger partial charge >= 0.3 is 0 Å². The predicted octanol–water partition coefficient (Wildman–Crippen LogP) is 2.60. The summed E-state index contributed by atoms with van der Waals surface area (Å²) in [6.45, 7) is 9.31. The topological polar surface area (TPSA) is 77.0 Å². The Labute approximate surface area is 160 Å². The molecule has 1 saturated heterocycles. The van der Waals surface area contributed by atoms with Crippen LogP contribution in [0.15, 0.2) is 23.5 Å². The van der Waals surface area contributed by atoms with Crippen LogP contribution in [0.25, 0.3) is 11.0 Å². The molecule has 1 saturated carbocycles. The highest BCUT2D eigenvalue weighted by Gasteiger charge is 2.55. The third kappa shape index (κ3) is 2.52. The second-order valence-electron chi connectivity index (χ2n) is 7.15. The molecule has 4 rings (SSSR count). The first-order valence-corrected chi connectivity index (χ1v) is 9.46. The predicted molar refractivity (Wildman–Crippen MR) is 104 cm³/mol. The molecule has 2 fully saturated rings. The van der Waals surface area contributed by atoms with Crippen molar-refractivity contribution in [3.05, 3.63) is 29.1 Å². The maximum Gasteiger partial charge on any atom is 0.245 e. The van der Waals surface area contributed by atoms with Crippen LogP contribution in [0.1, 0.15) is 25.6 Å². The second-order valence-corrected chi connectivity index (χ2v) is 7.95. The molecule has 0 radical (unpaired) electrons. The molecule has 3 atom stereocenters. The Hall–Kier alpha value is -2.33. The number of hydrogen-bond acceptors (Lipinski definition) is 4. The van der Waals surface area contributed by atoms with E-state index < -0.39 is 0 Å². The number of nitrogens with two attached hydrogens (primary N) is 1. The first kappa shape index (κ1) is 17.1. The van der Waals surface area contributed by atoms with Crippen LogP contribution in [-0.2, 0) is 4.79 Å². The minimum absolute atomic E-state index is 0.0145. The minimum Gasteiger partial charge on any atom is -0.383 e. The summed E-state index contributed by atoms with van der Waals surface area (Å²) >= 11 is 3.64. The van der Waals surface area contributed by atoms with Gasteiger partial charge in [-0.1, -0.05) is 12.5 Å². The Bertz CT molecular complexity index is 971. The lowest BCUT2D eigenvalue weighted by Gasteiger charge is -2.16. The van der Waals surface area contributed by atoms with Crippen LogP contribution < -0.4 is 5.73 Å². The number of nitrogen functional groups attached to an aromatic ring is 1. The molecule has 0 unspecified atom stereocenters. The highest BCUT2D eigenvalue weighted by molar-refractivity contribution is 9.10. The van der Waals surface area contributed by atoms with Gasteiger partial charge in [0.05, 0.1) is 9.86 Å². The zero-order valence-corrected chi connectivity index (χ0v) is 16.3. The quantitative estimate of drug-likeness (QED) is 0.606. The number of fused-ring (bicyclic) bond motifs is 2. The van der Waals surface area contributed by atoms with E-state index in [1.54, 1.807) is 0 Å². The number of halogens is 1. The van der Waals surface area contributed by atoms with E-state index in [0.717, 1.165) is 34.3 Å². The number of carbonyl (C=O) groups excluding carboxylic acids is 1. The fourth-order valence-electron chi connectivity index (χ4n) is 3.93. The van der Waals surface area contributed by atoms with Crippen LogP contribution >= 0.6 is 15.9 Å². The molecule has 26 heavy (non-hydrogen) atoms. The van der Waals surface area contributed by atoms with Gasteiger partial charge in [0.1, 0.15) is 23.5 Å². The maximum atomic E-state index is 11.7. The van der Waals surface area contributed by atoms with E-state index in [1.165, 1.54) is 12.4 Å². The van der Waals surface area contributed by atoms with E-state index in [-0.39, 0.29) is 11.9 Å². The van der Waals surface area contributed by atoms with Crippen LogP contribution in [0, 0.1) is 29.6 Å². The number of likely N-dealkylation sites (tertiary alicyclic amines) is 1. The number of hydrogen-bond donors (Lipinski definition) is 1. The summed E-state index contributed by atoms with van der Waals surface area (Å²) < 4.78 is 2.94. The number of nitrogens with zero attached hydrogens (tertiary/aromatic N) is 4. The molecule has 3 heterocycles. The molecule has 0 bridgehead atoms. The summed E-state index contributed by atoms with van der Waals surface area (Å²) in [5, 5.41) is 0.809. The van der Waals surface area contributed by atoms with Crippen molar-refractivity contribution >= 4 is 38.7 Å². The Kier molecular flexibility index (Phi) is 4.03. The Morgan fingerprint density at radius 2 is 2.12 bits per heavy atom. The third-order valence-corrected chi connectivity index (χ3v) is 6.08. The summed E-state index contributed by atoms with van der Waals surface area (Å²) in [6, 6.07) is 0.196. The molecule has 2 aromatic rings. The molecule has 6 nitrogen and oxygen atoms in total. The van der Waals surface area contributed by atoms with Crippen molar-refractivity contribution in [1.29, 1.82) is 0 Å². The standard InChI is InChI=1S/C19H20BrN5O/c1-4-15(26)24-7-12-11(13(12)8-24)5-6-14-17(20)16-18(21)22-9-23-19(16)25(14)10(2)3/h4,9-13H,1,7-8H2,2-3H3,(H2,21,22,23)/t11-,12-,13+. The first-order valence-electron chi connectivity index (χ1n) is 8.66. The van der Waals surface area contributed by atoms with E-state index in [4.69, 9.17) is 5.73 Å². The summed E-state index contributed by atoms with van der Waals surface area (Å²) in [7, 11) is 0. The van der Waals surface area contributed by atoms with E-state index in [9.17, 15) is 4.79 Å². The lowest BCUT2D eigenvalue weighted by Crippen LogP contribution is -2.29. The number of rotatable bonds is 2. The molecule has 134 valence electrons. The highest BCUT2D eigenvalue weighted by Crippen LogP contribution is 2.51. The van der Waals surface area contributed by atoms with Crippen molar-refractivity contribution in [2.45, 2.75) is 19.9 Å². The Balaban J connectivity index is 1.65. The van der Waals surface area contributed by atoms with Crippen molar-refractivity contribution < 1.29 is 4.79 Å². The average Bonchev–Trinajstić information content (AvgIpc) is 2.94. The third-order valence-electron chi connectivity index (χ3n) is 5.31. The summed E-state index contributed by atoms with van der Waals surface area (Å²) in [5.74, 6) is 8.53. The van der Waals surface area contributed by atoms with Crippen molar-refractivity contribution in [2.24, 2.45) is 17.8 Å². The number of piperidine rings is 1. The molecular weight excluding hydrogens is 394 g/mol. The Morgan fingerprint density at radius 1 is 1.42 bits per heavy atom. The molecule has 2 aliphatic rings. The lowest BCUT2D eigenvalue weighted by molar-refractivity contribution is -0.125. The van der Waals surface area contributed by atoms with Gasteiger partial charge in [-0.3, -0.25) is 4.79 Å². The van der Waals surface area contributed by atoms with Gasteiger partial charge in [0, 0.05) is 25.0 Å². The van der Waals surface area contributed by atoms with Gasteiger partial charge in [-0.25, -0.2) is 9.97 Å². The van der Waals surface area contributed by atoms with Crippen LogP contribution in [0.3, 0.4) is 0 Å². The van der Waals surface area contributed by atoms with E-state index >= 15 is 0 Å². The fraction of sp³-hybridized carbons (Fsp3) is 0.421. The van der Waals surface area contributed by atoms with Gasteiger partial charge < -0.3 is 15.2 Å². The smallest absolute Gasteiger partial charge is 0.245 e. The maximum absolute atomic E-state index is 11.7. The van der Waals surface area contributed by atoms with Gasteiger partial charge in [0.25, 0.3) is 0 Å². The molecule has 0 spiro atoms. The molecule has 2 N–H and O–H groups in total. The van der Waals surface area contributed by atoms with Gasteiger partial charge in [0.15, 0.2) is 0 Å². The summed E-state index contributed by atoms with van der Waals surface area (Å²) in [4.78, 5) is 22.1. The van der Waals surface area contributed by atoms with Gasteiger partial charge in [-0.15, -0.1) is 0 Å². The highest BCUT2D eigenvalue weighted by atomic mass is 79.9. The SMILES string of the molecule is C=CC(=O)N1C[C@@H]2[C@@H](C#Cc3c(Br)c4c(N)ncnc4n3C(C)C)[C@@H]2C1. The Morgan fingerprint density at radius 3 is 2.73 bits per heavy atom. The van der Waals surface area contributed by atoms with Crippen molar-refractivity contribution in [3.63, 3.8) is 0 Å². The number of amides is 1. The fourth-order valence-corrected chi connectivity index (χ4v) is 4.60. The lowest BCUT2D eigenvalue weighted by atomic mass is 10.2. The minimum atomic E-state index is 0.0145. The largest absolute Gasteiger partial charge is 0.383 e. The van der Waals surface area contributed by atoms with Crippen LogP contribution in [0.4, 0.5) is 5.82 Å². The van der Waals surface area contributed by atoms with Gasteiger partial charge in [0.2, 0.25) is 5.91 Å². The average molecular weight is 414 g/mol. The van der Waals surface area contributed by atoms with Crippen LogP contribution in [0.2, 0.25) is 0 Å². The van der Waals surface area contributed by atoms with Crippen molar-refractivity contribution in [2.75, 3.05) is 18.8 Å². The molecule has 7 heteroatoms. The van der Waals surface area contributed by atoms with E-state index in [0.29, 0.717) is 23.6 Å². The van der Waals surface area contributed by atoms with Gasteiger partial charge in [-0.2, -0.15) is 0 Å². The zero-order chi connectivity index (χ0) is 18.6. The van der Waals surface area contributed by atoms with Crippen molar-refractivity contribution in [3.8, 4) is 11.8 Å². The van der Waals surface area contributed by atoms with Crippen LogP contribution in [-0.4, -0.2) is 38.4 Å². The van der Waals surface area contributed by atoms with E-state index in [1.807, 2.05) is 4.90 Å². The van der Waals surface area contributed by atoms with Gasteiger partial charge in [-0.05, 0) is 53.6 Å². The number of anilines is 1. The molecule has 1 aliphatic carbocycles. The number of aromatic nitrogens is 3.